The van der Waals surface area contributed by atoms with Crippen LogP contribution in [0.15, 0.2) is 91.0 Å². The normalized spacial score (nSPS) is 19.7. The fourth-order valence-corrected chi connectivity index (χ4v) is 5.89. The number of carboxylic acid groups (broad SMARTS) is 2. The smallest absolute Gasteiger partial charge is 0.328 e. The second-order valence-corrected chi connectivity index (χ2v) is 11.0. The molecule has 1 fully saturated rings. The van der Waals surface area contributed by atoms with Crippen LogP contribution in [0.4, 0.5) is 4.39 Å². The average molecular weight is 589 g/mol. The molecule has 0 bridgehead atoms. The second-order valence-electron chi connectivity index (χ2n) is 11.0. The van der Waals surface area contributed by atoms with Gasteiger partial charge in [0.15, 0.2) is 0 Å². The first-order valence-electron chi connectivity index (χ1n) is 14.4. The number of amides is 1. The van der Waals surface area contributed by atoms with Crippen molar-refractivity contribution >= 4 is 17.8 Å². The molecule has 0 aliphatic carbocycles. The van der Waals surface area contributed by atoms with Gasteiger partial charge in [0, 0.05) is 50.4 Å². The molecule has 5 rings (SSSR count). The van der Waals surface area contributed by atoms with Gasteiger partial charge in [-0.2, -0.15) is 0 Å². The van der Waals surface area contributed by atoms with Crippen molar-refractivity contribution in [1.29, 1.82) is 0 Å². The first kappa shape index (κ1) is 31.6. The lowest BCUT2D eigenvalue weighted by atomic mass is 9.83. The molecule has 1 amide bonds. The van der Waals surface area contributed by atoms with Crippen LogP contribution in [-0.2, 0) is 26.5 Å². The van der Waals surface area contributed by atoms with Crippen molar-refractivity contribution in [3.63, 3.8) is 0 Å². The Bertz CT molecular complexity index is 1400. The predicted molar refractivity (Wildman–Crippen MR) is 157 cm³/mol. The summed E-state index contributed by atoms with van der Waals surface area (Å²) in [4.78, 5) is 35.3. The fraction of sp³-hybridized carbons (Fsp3) is 0.324. The third kappa shape index (κ3) is 8.59. The Balaban J connectivity index is 0.000000467. The van der Waals surface area contributed by atoms with Gasteiger partial charge in [0.1, 0.15) is 11.4 Å². The first-order valence-corrected chi connectivity index (χ1v) is 14.4. The molecule has 2 heterocycles. The van der Waals surface area contributed by atoms with E-state index in [1.54, 1.807) is 9.80 Å². The van der Waals surface area contributed by atoms with Gasteiger partial charge in [-0.25, -0.2) is 9.18 Å². The number of carbonyl (C=O) groups is 3. The van der Waals surface area contributed by atoms with E-state index in [2.05, 4.69) is 24.3 Å². The fourth-order valence-electron chi connectivity index (χ4n) is 5.89. The third-order valence-corrected chi connectivity index (χ3v) is 8.19. The van der Waals surface area contributed by atoms with E-state index in [-0.39, 0.29) is 23.2 Å². The van der Waals surface area contributed by atoms with E-state index in [1.807, 2.05) is 49.5 Å². The van der Waals surface area contributed by atoms with Crippen LogP contribution in [0.25, 0.3) is 0 Å². The zero-order chi connectivity index (χ0) is 30.8. The van der Waals surface area contributed by atoms with Crippen molar-refractivity contribution in [3.05, 3.63) is 119 Å². The molecule has 3 aromatic rings. The zero-order valence-electron chi connectivity index (χ0n) is 24.2. The largest absolute Gasteiger partial charge is 0.545 e. The maximum atomic E-state index is 13.6. The van der Waals surface area contributed by atoms with Crippen molar-refractivity contribution in [2.75, 3.05) is 33.2 Å². The Morgan fingerprint density at radius 3 is 2.28 bits per heavy atom. The van der Waals surface area contributed by atoms with Crippen LogP contribution in [0.5, 0.6) is 0 Å². The molecule has 0 radical (unpaired) electrons. The van der Waals surface area contributed by atoms with Gasteiger partial charge >= 0.3 is 5.97 Å². The molecular formula is C34H37FN2O6. The van der Waals surface area contributed by atoms with Crippen LogP contribution in [0, 0.1) is 5.82 Å². The molecule has 0 saturated carbocycles. The molecule has 226 valence electrons. The van der Waals surface area contributed by atoms with Crippen LogP contribution >= 0.6 is 0 Å². The summed E-state index contributed by atoms with van der Waals surface area (Å²) in [6.45, 7) is 4.49. The number of hydrogen-bond donors (Lipinski definition) is 2. The van der Waals surface area contributed by atoms with Gasteiger partial charge in [-0.3, -0.25) is 4.79 Å². The molecule has 1 spiro atoms. The number of quaternary nitrogens is 1. The molecule has 0 aromatic heterocycles. The summed E-state index contributed by atoms with van der Waals surface area (Å²) in [6, 6.07) is 24.8. The summed E-state index contributed by atoms with van der Waals surface area (Å²) >= 11 is 0. The Morgan fingerprint density at radius 2 is 1.65 bits per heavy atom. The summed E-state index contributed by atoms with van der Waals surface area (Å²) in [5.74, 6) is -2.87. The highest BCUT2D eigenvalue weighted by molar-refractivity contribution is 5.94. The Kier molecular flexibility index (Phi) is 10.8. The summed E-state index contributed by atoms with van der Waals surface area (Å²) in [5.41, 5.74) is 4.37. The lowest BCUT2D eigenvalue weighted by Crippen LogP contribution is -3.13. The highest BCUT2D eigenvalue weighted by atomic mass is 19.1. The van der Waals surface area contributed by atoms with Gasteiger partial charge < -0.3 is 29.5 Å². The predicted octanol–water partition coefficient (Wildman–Crippen LogP) is 2.55. The molecule has 2 aliphatic heterocycles. The number of likely N-dealkylation sites (tertiary alicyclic amines) is 1. The van der Waals surface area contributed by atoms with Crippen molar-refractivity contribution in [1.82, 2.24) is 4.90 Å². The second kappa shape index (κ2) is 14.7. The van der Waals surface area contributed by atoms with Gasteiger partial charge in [-0.15, -0.1) is 0 Å². The third-order valence-electron chi connectivity index (χ3n) is 8.19. The van der Waals surface area contributed by atoms with Gasteiger partial charge in [0.25, 0.3) is 5.91 Å². The number of fused-ring (bicyclic) bond motifs is 2. The Morgan fingerprint density at radius 1 is 1.00 bits per heavy atom. The molecule has 1 saturated heterocycles. The Hall–Kier alpha value is -4.34. The van der Waals surface area contributed by atoms with Gasteiger partial charge in [-0.05, 0) is 47.0 Å². The molecule has 2 aliphatic rings. The highest BCUT2D eigenvalue weighted by Gasteiger charge is 2.44. The van der Waals surface area contributed by atoms with Gasteiger partial charge in [0.2, 0.25) is 0 Å². The number of nitrogens with one attached hydrogen (secondary N) is 1. The quantitative estimate of drug-likeness (QED) is 0.372. The average Bonchev–Trinajstić information content (AvgIpc) is 3.37. The van der Waals surface area contributed by atoms with E-state index in [0.29, 0.717) is 24.3 Å². The van der Waals surface area contributed by atoms with Gasteiger partial charge in [0.05, 0.1) is 32.2 Å². The summed E-state index contributed by atoms with van der Waals surface area (Å²) in [7, 11) is 1.86. The van der Waals surface area contributed by atoms with E-state index >= 15 is 0 Å². The monoisotopic (exact) mass is 588 g/mol. The van der Waals surface area contributed by atoms with Crippen LogP contribution in [0.1, 0.15) is 52.2 Å². The summed E-state index contributed by atoms with van der Waals surface area (Å²) < 4.78 is 19.9. The number of benzene rings is 3. The number of halogens is 1. The van der Waals surface area contributed by atoms with E-state index in [0.717, 1.165) is 51.1 Å². The van der Waals surface area contributed by atoms with Crippen molar-refractivity contribution in [3.8, 4) is 0 Å². The van der Waals surface area contributed by atoms with Crippen LogP contribution in [-0.4, -0.2) is 61.1 Å². The Labute approximate surface area is 251 Å². The molecular weight excluding hydrogens is 551 g/mol. The molecule has 3 aromatic carbocycles. The van der Waals surface area contributed by atoms with E-state index in [9.17, 15) is 23.9 Å². The minimum absolute atomic E-state index is 0.0158. The molecule has 1 atom stereocenters. The lowest BCUT2D eigenvalue weighted by Gasteiger charge is -2.37. The number of ether oxygens (including phenoxy) is 1. The SMILES string of the molecule is CN(CC(CC[NH+]1CCC2(CC1)OCc1ccccc12)c1ccc(F)cc1)C(=O)c1ccccc1.O=C([O-])/C=C/C(=O)O. The number of piperidine rings is 1. The molecule has 43 heavy (non-hydrogen) atoms. The van der Waals surface area contributed by atoms with Crippen molar-refractivity contribution < 1.29 is 38.6 Å². The minimum Gasteiger partial charge on any atom is -0.545 e. The maximum Gasteiger partial charge on any atom is 0.328 e. The number of aliphatic carboxylic acids is 2. The lowest BCUT2D eigenvalue weighted by molar-refractivity contribution is -0.908. The number of hydrogen-bond acceptors (Lipinski definition) is 5. The molecule has 1 unspecified atom stereocenters. The van der Waals surface area contributed by atoms with E-state index in [4.69, 9.17) is 9.84 Å². The molecule has 8 nitrogen and oxygen atoms in total. The van der Waals surface area contributed by atoms with E-state index < -0.39 is 11.9 Å². The van der Waals surface area contributed by atoms with Gasteiger partial charge in [-0.1, -0.05) is 54.6 Å². The number of likely N-dealkylation sites (N-methyl/N-ethyl adjacent to an activating group) is 1. The highest BCUT2D eigenvalue weighted by Crippen LogP contribution is 2.42. The van der Waals surface area contributed by atoms with E-state index in [1.165, 1.54) is 23.3 Å². The zero-order valence-corrected chi connectivity index (χ0v) is 24.2. The topological polar surface area (TPSA) is 111 Å². The minimum atomic E-state index is -1.51. The molecule has 9 heteroatoms. The summed E-state index contributed by atoms with van der Waals surface area (Å²) in [6.07, 6.45) is 3.95. The first-order chi connectivity index (χ1) is 20.7. The maximum absolute atomic E-state index is 13.6. The number of rotatable bonds is 9. The standard InChI is InChI=1S/C30H33FN2O2.C4H4O4/c1-32(29(34)24-7-3-2-4-8-24)21-25(23-11-13-27(31)14-12-23)15-18-33-19-16-30(17-20-33)28-10-6-5-9-26(28)22-35-30;5-3(6)1-2-4(7)8/h2-14,25H,15-22H2,1H3;1-2H,(H,5,6)(H,7,8)/b;2-1+. The van der Waals surface area contributed by atoms with Crippen LogP contribution in [0.2, 0.25) is 0 Å². The van der Waals surface area contributed by atoms with Crippen molar-refractivity contribution in [2.45, 2.75) is 37.4 Å². The molecule has 2 N–H and O–H groups in total. The van der Waals surface area contributed by atoms with Crippen LogP contribution in [0.3, 0.4) is 0 Å². The summed E-state index contributed by atoms with van der Waals surface area (Å²) in [5, 5.41) is 17.2. The number of nitrogens with zero attached hydrogens (tertiary/aromatic N) is 1. The number of carboxylic acids is 2. The van der Waals surface area contributed by atoms with Crippen LogP contribution < -0.4 is 10.0 Å². The van der Waals surface area contributed by atoms with Crippen molar-refractivity contribution in [2.24, 2.45) is 0 Å². The number of carbonyl (C=O) groups excluding carboxylic acids is 2.